The van der Waals surface area contributed by atoms with E-state index < -0.39 is 11.5 Å². The lowest BCUT2D eigenvalue weighted by Crippen LogP contribution is -2.36. The van der Waals surface area contributed by atoms with Crippen LogP contribution in [0.15, 0.2) is 18.3 Å². The third-order valence-corrected chi connectivity index (χ3v) is 4.87. The Kier molecular flexibility index (Phi) is 6.08. The van der Waals surface area contributed by atoms with Gasteiger partial charge >= 0.3 is 0 Å². The van der Waals surface area contributed by atoms with Crippen LogP contribution in [0.1, 0.15) is 25.0 Å². The highest BCUT2D eigenvalue weighted by atomic mass is 32.2. The lowest BCUT2D eigenvalue weighted by Gasteiger charge is -2.14. The molecule has 0 saturated heterocycles. The van der Waals surface area contributed by atoms with Crippen molar-refractivity contribution in [3.05, 3.63) is 35.3 Å². The topological polar surface area (TPSA) is 43.3 Å². The standard InChI is InChI=1S/C17H26FN3OS/c1-12(2)10-21-11-14(6-7-19-23(22)20(4)5)15-9-16(18)13(3)8-17(15)21/h8-9,11-12,19H,6-7,10H2,1-5H3. The van der Waals surface area contributed by atoms with Gasteiger partial charge in [-0.3, -0.25) is 0 Å². The minimum absolute atomic E-state index is 0.175. The SMILES string of the molecule is Cc1cc2c(cc1F)c(CCN[S+]([O-])N(C)C)cn2CC(C)C. The van der Waals surface area contributed by atoms with Crippen molar-refractivity contribution in [2.75, 3.05) is 20.6 Å². The second-order valence-electron chi connectivity index (χ2n) is 6.52. The highest BCUT2D eigenvalue weighted by molar-refractivity contribution is 7.87. The van der Waals surface area contributed by atoms with Gasteiger partial charge in [0.1, 0.15) is 17.4 Å². The molecule has 0 radical (unpaired) electrons. The van der Waals surface area contributed by atoms with E-state index in [-0.39, 0.29) is 5.82 Å². The van der Waals surface area contributed by atoms with Crippen molar-refractivity contribution in [1.82, 2.24) is 13.6 Å². The van der Waals surface area contributed by atoms with Crippen LogP contribution in [0.5, 0.6) is 0 Å². The van der Waals surface area contributed by atoms with E-state index in [1.807, 2.05) is 6.07 Å². The van der Waals surface area contributed by atoms with Crippen molar-refractivity contribution in [1.29, 1.82) is 0 Å². The van der Waals surface area contributed by atoms with Crippen LogP contribution < -0.4 is 4.72 Å². The maximum atomic E-state index is 14.0. The summed E-state index contributed by atoms with van der Waals surface area (Å²) in [7, 11) is 3.52. The molecule has 1 aromatic heterocycles. The second-order valence-corrected chi connectivity index (χ2v) is 8.04. The molecule has 4 nitrogen and oxygen atoms in total. The molecular formula is C17H26FN3OS. The molecule has 1 atom stereocenters. The number of nitrogens with one attached hydrogen (secondary N) is 1. The monoisotopic (exact) mass is 339 g/mol. The molecule has 23 heavy (non-hydrogen) atoms. The summed E-state index contributed by atoms with van der Waals surface area (Å²) in [6.07, 6.45) is 2.81. The Labute approximate surface area is 141 Å². The van der Waals surface area contributed by atoms with Crippen molar-refractivity contribution in [2.45, 2.75) is 33.7 Å². The fraction of sp³-hybridized carbons (Fsp3) is 0.529. The Morgan fingerprint density at radius 1 is 1.35 bits per heavy atom. The van der Waals surface area contributed by atoms with Crippen LogP contribution in [0.3, 0.4) is 0 Å². The van der Waals surface area contributed by atoms with Crippen LogP contribution in [0.2, 0.25) is 0 Å². The van der Waals surface area contributed by atoms with Crippen molar-refractivity contribution in [3.8, 4) is 0 Å². The minimum Gasteiger partial charge on any atom is -0.579 e. The third kappa shape index (κ3) is 4.47. The Balaban J connectivity index is 2.26. The van der Waals surface area contributed by atoms with E-state index in [0.717, 1.165) is 23.0 Å². The van der Waals surface area contributed by atoms with E-state index >= 15 is 0 Å². The van der Waals surface area contributed by atoms with Gasteiger partial charge in [0.05, 0.1) is 0 Å². The van der Waals surface area contributed by atoms with Gasteiger partial charge < -0.3 is 9.12 Å². The number of hydrogen-bond donors (Lipinski definition) is 1. The summed E-state index contributed by atoms with van der Waals surface area (Å²) in [6.45, 7) is 7.62. The number of rotatable bonds is 7. The van der Waals surface area contributed by atoms with E-state index in [9.17, 15) is 8.94 Å². The number of halogens is 1. The van der Waals surface area contributed by atoms with Gasteiger partial charge in [0, 0.05) is 44.3 Å². The largest absolute Gasteiger partial charge is 0.579 e. The van der Waals surface area contributed by atoms with E-state index in [2.05, 4.69) is 29.3 Å². The highest BCUT2D eigenvalue weighted by Gasteiger charge is 2.14. The van der Waals surface area contributed by atoms with Crippen molar-refractivity contribution in [3.63, 3.8) is 0 Å². The fourth-order valence-corrected chi connectivity index (χ4v) is 3.17. The van der Waals surface area contributed by atoms with E-state index in [1.165, 1.54) is 0 Å². The predicted molar refractivity (Wildman–Crippen MR) is 95.0 cm³/mol. The Bertz CT molecular complexity index is 669. The first-order valence-corrected chi connectivity index (χ1v) is 9.00. The number of fused-ring (bicyclic) bond motifs is 1. The molecule has 0 saturated carbocycles. The average molecular weight is 339 g/mol. The summed E-state index contributed by atoms with van der Waals surface area (Å²) in [5.74, 6) is 0.342. The molecule has 0 aliphatic rings. The molecule has 1 heterocycles. The van der Waals surface area contributed by atoms with Crippen LogP contribution in [0.4, 0.5) is 4.39 Å². The predicted octanol–water partition coefficient (Wildman–Crippen LogP) is 3.02. The average Bonchev–Trinajstić information content (AvgIpc) is 2.76. The van der Waals surface area contributed by atoms with Crippen LogP contribution in [-0.4, -0.2) is 34.1 Å². The first-order chi connectivity index (χ1) is 10.8. The summed E-state index contributed by atoms with van der Waals surface area (Å²) >= 11 is -1.19. The molecule has 0 aliphatic carbocycles. The van der Waals surface area contributed by atoms with Gasteiger partial charge in [0.25, 0.3) is 0 Å². The highest BCUT2D eigenvalue weighted by Crippen LogP contribution is 2.26. The third-order valence-electron chi connectivity index (χ3n) is 3.76. The molecule has 0 aliphatic heterocycles. The quantitative estimate of drug-likeness (QED) is 0.789. The van der Waals surface area contributed by atoms with Gasteiger partial charge in [-0.2, -0.15) is 0 Å². The van der Waals surface area contributed by atoms with Crippen LogP contribution >= 0.6 is 0 Å². The van der Waals surface area contributed by atoms with E-state index in [0.29, 0.717) is 24.4 Å². The molecule has 1 unspecified atom stereocenters. The minimum atomic E-state index is -1.19. The van der Waals surface area contributed by atoms with Gasteiger partial charge in [0.2, 0.25) is 0 Å². The number of benzene rings is 1. The molecule has 0 spiro atoms. The molecule has 1 N–H and O–H groups in total. The Morgan fingerprint density at radius 3 is 2.65 bits per heavy atom. The lowest BCUT2D eigenvalue weighted by atomic mass is 10.1. The summed E-state index contributed by atoms with van der Waals surface area (Å²) < 4.78 is 32.5. The van der Waals surface area contributed by atoms with E-state index in [1.54, 1.807) is 31.4 Å². The number of aromatic nitrogens is 1. The normalized spacial score (nSPS) is 13.4. The van der Waals surface area contributed by atoms with Crippen molar-refractivity contribution >= 4 is 22.5 Å². The fourth-order valence-electron chi connectivity index (χ4n) is 2.63. The lowest BCUT2D eigenvalue weighted by molar-refractivity contribution is 0.505. The van der Waals surface area contributed by atoms with Gasteiger partial charge in [-0.15, -0.1) is 9.03 Å². The van der Waals surface area contributed by atoms with Crippen LogP contribution in [0, 0.1) is 18.7 Å². The zero-order chi connectivity index (χ0) is 17.1. The summed E-state index contributed by atoms with van der Waals surface area (Å²) in [5, 5.41) is 0.950. The molecular weight excluding hydrogens is 313 g/mol. The molecule has 0 fully saturated rings. The maximum absolute atomic E-state index is 14.0. The summed E-state index contributed by atoms with van der Waals surface area (Å²) in [5.41, 5.74) is 2.82. The molecule has 1 aromatic carbocycles. The summed E-state index contributed by atoms with van der Waals surface area (Å²) in [6, 6.07) is 3.54. The first-order valence-electron chi connectivity index (χ1n) is 7.90. The zero-order valence-corrected chi connectivity index (χ0v) is 15.3. The van der Waals surface area contributed by atoms with Gasteiger partial charge in [-0.25, -0.2) is 4.39 Å². The smallest absolute Gasteiger partial charge is 0.137 e. The van der Waals surface area contributed by atoms with Gasteiger partial charge in [-0.1, -0.05) is 13.8 Å². The molecule has 0 amide bonds. The molecule has 0 bridgehead atoms. The van der Waals surface area contributed by atoms with Crippen LogP contribution in [-0.2, 0) is 24.5 Å². The maximum Gasteiger partial charge on any atom is 0.137 e. The molecule has 128 valence electrons. The van der Waals surface area contributed by atoms with Crippen molar-refractivity contribution in [2.24, 2.45) is 5.92 Å². The summed E-state index contributed by atoms with van der Waals surface area (Å²) in [4.78, 5) is 0. The second kappa shape index (κ2) is 7.66. The zero-order valence-electron chi connectivity index (χ0n) is 14.5. The number of hydrogen-bond acceptors (Lipinski definition) is 3. The van der Waals surface area contributed by atoms with Crippen LogP contribution in [0.25, 0.3) is 10.9 Å². The van der Waals surface area contributed by atoms with E-state index in [4.69, 9.17) is 0 Å². The molecule has 2 rings (SSSR count). The number of aryl methyl sites for hydroxylation is 1. The Morgan fingerprint density at radius 2 is 2.04 bits per heavy atom. The molecule has 2 aromatic rings. The van der Waals surface area contributed by atoms with Gasteiger partial charge in [0.15, 0.2) is 0 Å². The Hall–Kier alpha value is -1.08. The first kappa shape index (κ1) is 18.3. The number of nitrogens with zero attached hydrogens (tertiary/aromatic N) is 2. The molecule has 6 heteroatoms. The van der Waals surface area contributed by atoms with Crippen molar-refractivity contribution < 1.29 is 8.94 Å². The van der Waals surface area contributed by atoms with Gasteiger partial charge in [-0.05, 0) is 42.5 Å².